The summed E-state index contributed by atoms with van der Waals surface area (Å²) in [4.78, 5) is 0. The van der Waals surface area contributed by atoms with E-state index in [9.17, 15) is 0 Å². The quantitative estimate of drug-likeness (QED) is 0.700. The van der Waals surface area contributed by atoms with Gasteiger partial charge in [-0.2, -0.15) is 0 Å². The lowest BCUT2D eigenvalue weighted by atomic mass is 10.0. The molecular formula is C12H10ClN. The van der Waals surface area contributed by atoms with Crippen LogP contribution in [-0.4, -0.2) is 0 Å². The number of halogens is 1. The predicted molar refractivity (Wildman–Crippen MR) is 63.3 cm³/mol. The Hall–Kier alpha value is -1.47. The fourth-order valence-electron chi connectivity index (χ4n) is 1.98. The van der Waals surface area contributed by atoms with Gasteiger partial charge in [-0.25, -0.2) is 0 Å². The van der Waals surface area contributed by atoms with Crippen LogP contribution < -0.4 is 5.73 Å². The molecule has 0 unspecified atom stereocenters. The van der Waals surface area contributed by atoms with Gasteiger partial charge < -0.3 is 5.73 Å². The SMILES string of the molecule is Cl.NC1=Cc2cccc3cccc1c23. The molecule has 1 aliphatic rings. The Morgan fingerprint density at radius 2 is 1.64 bits per heavy atom. The smallest absolute Gasteiger partial charge is 0.0400 e. The summed E-state index contributed by atoms with van der Waals surface area (Å²) in [6.45, 7) is 0. The molecule has 1 nitrogen and oxygen atoms in total. The Kier molecular flexibility index (Phi) is 1.97. The molecule has 70 valence electrons. The number of benzene rings is 2. The van der Waals surface area contributed by atoms with Gasteiger partial charge >= 0.3 is 0 Å². The van der Waals surface area contributed by atoms with Gasteiger partial charge in [-0.15, -0.1) is 12.4 Å². The van der Waals surface area contributed by atoms with Crippen molar-refractivity contribution in [1.82, 2.24) is 0 Å². The third-order valence-electron chi connectivity index (χ3n) is 2.56. The minimum absolute atomic E-state index is 0. The fraction of sp³-hybridized carbons (Fsp3) is 0. The van der Waals surface area contributed by atoms with Crippen molar-refractivity contribution in [3.8, 4) is 0 Å². The van der Waals surface area contributed by atoms with Gasteiger partial charge in [0.05, 0.1) is 0 Å². The Balaban J connectivity index is 0.000000750. The molecule has 14 heavy (non-hydrogen) atoms. The Morgan fingerprint density at radius 3 is 2.43 bits per heavy atom. The Bertz CT molecular complexity index is 524. The van der Waals surface area contributed by atoms with Crippen LogP contribution in [0.15, 0.2) is 36.4 Å². The van der Waals surface area contributed by atoms with E-state index in [0.29, 0.717) is 0 Å². The van der Waals surface area contributed by atoms with Crippen LogP contribution in [-0.2, 0) is 0 Å². The van der Waals surface area contributed by atoms with Crippen molar-refractivity contribution in [2.24, 2.45) is 5.73 Å². The summed E-state index contributed by atoms with van der Waals surface area (Å²) in [5, 5.41) is 2.56. The number of nitrogens with two attached hydrogens (primary N) is 1. The number of hydrogen-bond acceptors (Lipinski definition) is 1. The van der Waals surface area contributed by atoms with Crippen molar-refractivity contribution < 1.29 is 0 Å². The average Bonchev–Trinajstić information content (AvgIpc) is 2.47. The summed E-state index contributed by atoms with van der Waals surface area (Å²) in [5.41, 5.74) is 9.20. The zero-order valence-corrected chi connectivity index (χ0v) is 8.34. The molecule has 0 fully saturated rings. The minimum Gasteiger partial charge on any atom is -0.398 e. The lowest BCUT2D eigenvalue weighted by molar-refractivity contribution is 1.61. The zero-order valence-electron chi connectivity index (χ0n) is 7.53. The maximum absolute atomic E-state index is 5.90. The highest BCUT2D eigenvalue weighted by atomic mass is 35.5. The van der Waals surface area contributed by atoms with Crippen LogP contribution in [0.1, 0.15) is 11.1 Å². The fourth-order valence-corrected chi connectivity index (χ4v) is 1.98. The summed E-state index contributed by atoms with van der Waals surface area (Å²) < 4.78 is 0. The van der Waals surface area contributed by atoms with Crippen LogP contribution in [0, 0.1) is 0 Å². The number of hydrogen-bond donors (Lipinski definition) is 1. The molecule has 0 aliphatic heterocycles. The molecule has 0 heterocycles. The summed E-state index contributed by atoms with van der Waals surface area (Å²) in [6.07, 6.45) is 2.04. The normalized spacial score (nSPS) is 12.4. The molecule has 2 heteroatoms. The first kappa shape index (κ1) is 9.10. The first-order valence-electron chi connectivity index (χ1n) is 4.35. The van der Waals surface area contributed by atoms with Gasteiger partial charge in [0.1, 0.15) is 0 Å². The van der Waals surface area contributed by atoms with Gasteiger partial charge in [-0.3, -0.25) is 0 Å². The third kappa shape index (κ3) is 1.03. The Morgan fingerprint density at radius 1 is 0.929 bits per heavy atom. The molecule has 2 aromatic rings. The van der Waals surface area contributed by atoms with Crippen molar-refractivity contribution in [3.05, 3.63) is 47.5 Å². The summed E-state index contributed by atoms with van der Waals surface area (Å²) in [6, 6.07) is 12.5. The second kappa shape index (κ2) is 3.03. The third-order valence-corrected chi connectivity index (χ3v) is 2.56. The maximum Gasteiger partial charge on any atom is 0.0400 e. The van der Waals surface area contributed by atoms with E-state index in [2.05, 4.69) is 30.3 Å². The molecule has 0 saturated carbocycles. The average molecular weight is 204 g/mol. The molecular weight excluding hydrogens is 194 g/mol. The Labute approximate surface area is 88.6 Å². The molecule has 0 radical (unpaired) electrons. The van der Waals surface area contributed by atoms with Crippen LogP contribution in [0.4, 0.5) is 0 Å². The highest BCUT2D eigenvalue weighted by Gasteiger charge is 2.12. The molecule has 0 saturated heterocycles. The first-order chi connectivity index (χ1) is 6.36. The maximum atomic E-state index is 5.90. The van der Waals surface area contributed by atoms with Crippen LogP contribution in [0.5, 0.6) is 0 Å². The highest BCUT2D eigenvalue weighted by Crippen LogP contribution is 2.33. The van der Waals surface area contributed by atoms with Gasteiger partial charge in [0.15, 0.2) is 0 Å². The van der Waals surface area contributed by atoms with E-state index in [1.807, 2.05) is 12.1 Å². The molecule has 0 amide bonds. The van der Waals surface area contributed by atoms with E-state index >= 15 is 0 Å². The van der Waals surface area contributed by atoms with Gasteiger partial charge in [0.25, 0.3) is 0 Å². The van der Waals surface area contributed by atoms with Crippen molar-refractivity contribution >= 4 is 35.0 Å². The van der Waals surface area contributed by atoms with Crippen molar-refractivity contribution in [1.29, 1.82) is 0 Å². The van der Waals surface area contributed by atoms with E-state index in [-0.39, 0.29) is 12.4 Å². The first-order valence-corrected chi connectivity index (χ1v) is 4.35. The lowest BCUT2D eigenvalue weighted by Gasteiger charge is -2.01. The van der Waals surface area contributed by atoms with E-state index in [4.69, 9.17) is 5.73 Å². The van der Waals surface area contributed by atoms with Crippen molar-refractivity contribution in [3.63, 3.8) is 0 Å². The largest absolute Gasteiger partial charge is 0.398 e. The van der Waals surface area contributed by atoms with E-state index in [1.165, 1.54) is 21.9 Å². The molecule has 2 N–H and O–H groups in total. The van der Waals surface area contributed by atoms with E-state index in [0.717, 1.165) is 5.70 Å². The molecule has 0 spiro atoms. The van der Waals surface area contributed by atoms with Crippen molar-refractivity contribution in [2.75, 3.05) is 0 Å². The van der Waals surface area contributed by atoms with Gasteiger partial charge in [0.2, 0.25) is 0 Å². The highest BCUT2D eigenvalue weighted by molar-refractivity contribution is 6.08. The molecule has 0 bridgehead atoms. The predicted octanol–water partition coefficient (Wildman–Crippen LogP) is 3.03. The zero-order chi connectivity index (χ0) is 8.84. The molecule has 0 atom stereocenters. The molecule has 2 aromatic carbocycles. The molecule has 0 aromatic heterocycles. The topological polar surface area (TPSA) is 26.0 Å². The second-order valence-corrected chi connectivity index (χ2v) is 3.35. The van der Waals surface area contributed by atoms with Crippen molar-refractivity contribution in [2.45, 2.75) is 0 Å². The minimum atomic E-state index is 0. The van der Waals surface area contributed by atoms with Gasteiger partial charge in [0, 0.05) is 11.3 Å². The van der Waals surface area contributed by atoms with Crippen LogP contribution >= 0.6 is 12.4 Å². The number of rotatable bonds is 0. The second-order valence-electron chi connectivity index (χ2n) is 3.35. The van der Waals surface area contributed by atoms with E-state index < -0.39 is 0 Å². The monoisotopic (exact) mass is 203 g/mol. The summed E-state index contributed by atoms with van der Waals surface area (Å²) in [7, 11) is 0. The van der Waals surface area contributed by atoms with Gasteiger partial charge in [-0.05, 0) is 22.4 Å². The molecule has 1 aliphatic carbocycles. The van der Waals surface area contributed by atoms with Gasteiger partial charge in [-0.1, -0.05) is 36.4 Å². The standard InChI is InChI=1S/C12H9N.ClH/c13-11-7-9-5-1-3-8-4-2-6-10(11)12(8)9;/h1-7H,13H2;1H. The van der Waals surface area contributed by atoms with E-state index in [1.54, 1.807) is 0 Å². The molecule has 3 rings (SSSR count). The lowest BCUT2D eigenvalue weighted by Crippen LogP contribution is -1.91. The van der Waals surface area contributed by atoms with Crippen LogP contribution in [0.2, 0.25) is 0 Å². The van der Waals surface area contributed by atoms with Crippen LogP contribution in [0.3, 0.4) is 0 Å². The van der Waals surface area contributed by atoms with Crippen LogP contribution in [0.25, 0.3) is 22.5 Å². The summed E-state index contributed by atoms with van der Waals surface area (Å²) >= 11 is 0. The summed E-state index contributed by atoms with van der Waals surface area (Å²) in [5.74, 6) is 0.